The van der Waals surface area contributed by atoms with Crippen LogP contribution in [0.3, 0.4) is 0 Å². The second-order valence-corrected chi connectivity index (χ2v) is 1.16. The second-order valence-electron chi connectivity index (χ2n) is 1.16. The van der Waals surface area contributed by atoms with Gasteiger partial charge in [-0.1, -0.05) is 0 Å². The summed E-state index contributed by atoms with van der Waals surface area (Å²) in [5.41, 5.74) is 4.29. The van der Waals surface area contributed by atoms with E-state index in [0.717, 1.165) is 0 Å². The van der Waals surface area contributed by atoms with Crippen molar-refractivity contribution < 1.29 is 20.4 Å². The van der Waals surface area contributed by atoms with Gasteiger partial charge in [-0.25, -0.2) is 0 Å². The monoisotopic (exact) mass is 145 g/mol. The third kappa shape index (κ3) is 4.25. The Morgan fingerprint density at radius 2 is 1.38 bits per heavy atom. The van der Waals surface area contributed by atoms with Crippen LogP contribution in [0, 0.1) is 0 Å². The first kappa shape index (κ1) is 11.0. The Morgan fingerprint density at radius 3 is 1.38 bits per heavy atom. The highest BCUT2D eigenvalue weighted by molar-refractivity contribution is 5.85. The van der Waals surface area contributed by atoms with Gasteiger partial charge in [-0.3, -0.25) is 5.73 Å². The summed E-state index contributed by atoms with van der Waals surface area (Å²) in [4.78, 5) is 0. The molecule has 0 atom stereocenters. The Balaban J connectivity index is 0. The van der Waals surface area contributed by atoms with Gasteiger partial charge in [-0.2, -0.15) is 0 Å². The van der Waals surface area contributed by atoms with E-state index in [2.05, 4.69) is 5.73 Å². The normalized spacial score (nSPS) is 11.2. The molecule has 8 heavy (non-hydrogen) atoms. The van der Waals surface area contributed by atoms with Gasteiger partial charge in [-0.15, -0.1) is 12.4 Å². The molecule has 0 spiro atoms. The fourth-order valence-corrected chi connectivity index (χ4v) is 0. The van der Waals surface area contributed by atoms with Crippen LogP contribution < -0.4 is 5.73 Å². The van der Waals surface area contributed by atoms with E-state index in [-0.39, 0.29) is 12.4 Å². The van der Waals surface area contributed by atoms with Crippen molar-refractivity contribution in [2.24, 2.45) is 5.73 Å². The van der Waals surface area contributed by atoms with Crippen LogP contribution in [-0.2, 0) is 0 Å². The predicted octanol–water partition coefficient (Wildman–Crippen LogP) is -2.68. The summed E-state index contributed by atoms with van der Waals surface area (Å²) < 4.78 is 0. The molecule has 0 saturated heterocycles. The average molecular weight is 146 g/mol. The molecule has 6 N–H and O–H groups in total. The summed E-state index contributed by atoms with van der Waals surface area (Å²) >= 11 is 0. The van der Waals surface area contributed by atoms with Gasteiger partial charge in [0.15, 0.2) is 0 Å². The SMILES string of the molecule is Cl.NC(O)(O)C(O)O. The molecule has 0 aliphatic rings. The van der Waals surface area contributed by atoms with Gasteiger partial charge >= 0.3 is 0 Å². The van der Waals surface area contributed by atoms with Gasteiger partial charge in [-0.05, 0) is 0 Å². The van der Waals surface area contributed by atoms with Gasteiger partial charge in [0.2, 0.25) is 6.29 Å². The molecule has 0 aromatic heterocycles. The fourth-order valence-electron chi connectivity index (χ4n) is 0. The number of nitrogens with two attached hydrogens (primary N) is 1. The Kier molecular flexibility index (Phi) is 4.36. The van der Waals surface area contributed by atoms with Crippen molar-refractivity contribution in [3.8, 4) is 0 Å². The highest BCUT2D eigenvalue weighted by Crippen LogP contribution is 1.90. The second kappa shape index (κ2) is 3.18. The van der Waals surface area contributed by atoms with Crippen LogP contribution in [-0.4, -0.2) is 32.6 Å². The van der Waals surface area contributed by atoms with Crippen LogP contribution in [0.2, 0.25) is 0 Å². The molecule has 0 fully saturated rings. The first-order valence-corrected chi connectivity index (χ1v) is 1.54. The third-order valence-electron chi connectivity index (χ3n) is 0.380. The maximum absolute atomic E-state index is 7.93. The van der Waals surface area contributed by atoms with Crippen LogP contribution in [0.1, 0.15) is 0 Å². The van der Waals surface area contributed by atoms with Crippen molar-refractivity contribution in [3.05, 3.63) is 0 Å². The zero-order valence-corrected chi connectivity index (χ0v) is 4.67. The zero-order chi connectivity index (χ0) is 6.08. The summed E-state index contributed by atoms with van der Waals surface area (Å²) in [6.45, 7) is 0. The van der Waals surface area contributed by atoms with Crippen LogP contribution in [0.15, 0.2) is 0 Å². The summed E-state index contributed by atoms with van der Waals surface area (Å²) in [5.74, 6) is -2.89. The van der Waals surface area contributed by atoms with Gasteiger partial charge in [0, 0.05) is 0 Å². The first-order chi connectivity index (χ1) is 2.94. The van der Waals surface area contributed by atoms with E-state index in [1.165, 1.54) is 0 Å². The largest absolute Gasteiger partial charge is 0.363 e. The molecule has 0 unspecified atom stereocenters. The number of hydrogen-bond acceptors (Lipinski definition) is 5. The quantitative estimate of drug-likeness (QED) is 0.259. The van der Waals surface area contributed by atoms with Gasteiger partial charge < -0.3 is 20.4 Å². The first-order valence-electron chi connectivity index (χ1n) is 1.54. The molecule has 0 radical (unpaired) electrons. The highest BCUT2D eigenvalue weighted by atomic mass is 35.5. The Bertz CT molecular complexity index is 59.5. The molecule has 0 aromatic rings. The van der Waals surface area contributed by atoms with Crippen LogP contribution >= 0.6 is 12.4 Å². The Labute approximate surface area is 51.8 Å². The number of aliphatic hydroxyl groups is 4. The van der Waals surface area contributed by atoms with E-state index in [4.69, 9.17) is 20.4 Å². The van der Waals surface area contributed by atoms with E-state index in [1.54, 1.807) is 0 Å². The summed E-state index contributed by atoms with van der Waals surface area (Å²) in [6, 6.07) is 0. The Morgan fingerprint density at radius 1 is 1.25 bits per heavy atom. The number of hydrogen-bond donors (Lipinski definition) is 5. The lowest BCUT2D eigenvalue weighted by Crippen LogP contribution is -2.50. The van der Waals surface area contributed by atoms with Crippen molar-refractivity contribution >= 4 is 12.4 Å². The minimum atomic E-state index is -2.89. The minimum absolute atomic E-state index is 0. The van der Waals surface area contributed by atoms with Gasteiger partial charge in [0.05, 0.1) is 0 Å². The van der Waals surface area contributed by atoms with Crippen LogP contribution in [0.5, 0.6) is 0 Å². The summed E-state index contributed by atoms with van der Waals surface area (Å²) in [6.07, 6.45) is -2.31. The zero-order valence-electron chi connectivity index (χ0n) is 3.85. The number of rotatable bonds is 1. The van der Waals surface area contributed by atoms with E-state index in [1.807, 2.05) is 0 Å². The van der Waals surface area contributed by atoms with Crippen LogP contribution in [0.4, 0.5) is 0 Å². The third-order valence-corrected chi connectivity index (χ3v) is 0.380. The van der Waals surface area contributed by atoms with Gasteiger partial charge in [0.1, 0.15) is 0 Å². The van der Waals surface area contributed by atoms with Crippen molar-refractivity contribution in [1.82, 2.24) is 0 Å². The van der Waals surface area contributed by atoms with Crippen molar-refractivity contribution in [2.75, 3.05) is 0 Å². The molecule has 6 heteroatoms. The molecule has 0 aliphatic carbocycles. The van der Waals surface area contributed by atoms with Crippen molar-refractivity contribution in [1.29, 1.82) is 0 Å². The maximum Gasteiger partial charge on any atom is 0.273 e. The van der Waals surface area contributed by atoms with E-state index < -0.39 is 12.2 Å². The fraction of sp³-hybridized carbons (Fsp3) is 1.00. The Hall–Kier alpha value is 0.0900. The van der Waals surface area contributed by atoms with Gasteiger partial charge in [0.25, 0.3) is 5.91 Å². The summed E-state index contributed by atoms with van der Waals surface area (Å²) in [5, 5.41) is 31.5. The topological polar surface area (TPSA) is 107 Å². The summed E-state index contributed by atoms with van der Waals surface area (Å²) in [7, 11) is 0. The molecule has 0 amide bonds. The van der Waals surface area contributed by atoms with Crippen molar-refractivity contribution in [3.63, 3.8) is 0 Å². The molecule has 52 valence electrons. The van der Waals surface area contributed by atoms with E-state index in [9.17, 15) is 0 Å². The smallest absolute Gasteiger partial charge is 0.273 e. The number of halogens is 1. The lowest BCUT2D eigenvalue weighted by atomic mass is 10.5. The maximum atomic E-state index is 7.93. The number of aliphatic hydroxyl groups excluding tert-OH is 1. The molecule has 0 saturated carbocycles. The lowest BCUT2D eigenvalue weighted by molar-refractivity contribution is -0.285. The molecule has 0 rings (SSSR count). The standard InChI is InChI=1S/C2H7NO4.ClH/c3-2(6,7)1(4)5;/h1,4-7H,3H2;1H. The average Bonchev–Trinajstić information content (AvgIpc) is 1.31. The predicted molar refractivity (Wildman–Crippen MR) is 26.8 cm³/mol. The van der Waals surface area contributed by atoms with Crippen LogP contribution in [0.25, 0.3) is 0 Å². The molecule has 0 bridgehead atoms. The molecule has 0 aliphatic heterocycles. The minimum Gasteiger partial charge on any atom is -0.363 e. The van der Waals surface area contributed by atoms with E-state index >= 15 is 0 Å². The molecule has 5 nitrogen and oxygen atoms in total. The van der Waals surface area contributed by atoms with E-state index in [0.29, 0.717) is 0 Å². The molecular weight excluding hydrogens is 137 g/mol. The molecular formula is C2H8ClNO4. The lowest BCUT2D eigenvalue weighted by Gasteiger charge is -2.16. The molecule has 0 aromatic carbocycles. The highest BCUT2D eigenvalue weighted by Gasteiger charge is 2.24. The molecule has 0 heterocycles. The van der Waals surface area contributed by atoms with Crippen molar-refractivity contribution in [2.45, 2.75) is 12.2 Å².